The van der Waals surface area contributed by atoms with Gasteiger partial charge in [0.1, 0.15) is 5.82 Å². The highest BCUT2D eigenvalue weighted by molar-refractivity contribution is 6.00. The van der Waals surface area contributed by atoms with Crippen molar-refractivity contribution in [2.75, 3.05) is 17.7 Å². The van der Waals surface area contributed by atoms with Gasteiger partial charge in [-0.15, -0.1) is 0 Å². The van der Waals surface area contributed by atoms with Crippen molar-refractivity contribution >= 4 is 28.2 Å². The average Bonchev–Trinajstić information content (AvgIpc) is 3.54. The zero-order chi connectivity index (χ0) is 21.3. The van der Waals surface area contributed by atoms with Crippen LogP contribution in [0.5, 0.6) is 5.88 Å². The third-order valence-electron chi connectivity index (χ3n) is 5.36. The number of fused-ring (bicyclic) bond motifs is 1. The Hall–Kier alpha value is -3.66. The Morgan fingerprint density at radius 3 is 2.80 bits per heavy atom. The first-order valence-corrected chi connectivity index (χ1v) is 10.1. The number of nitrogen functional groups attached to an aromatic ring is 1. The van der Waals surface area contributed by atoms with Crippen LogP contribution in [0.15, 0.2) is 36.7 Å². The molecule has 4 rings (SSSR count). The maximum Gasteiger partial charge on any atom is 0.230 e. The Morgan fingerprint density at radius 2 is 2.10 bits per heavy atom. The summed E-state index contributed by atoms with van der Waals surface area (Å²) in [6.45, 7) is 4.58. The molecular weight excluding hydrogens is 378 g/mol. The van der Waals surface area contributed by atoms with Gasteiger partial charge in [-0.05, 0) is 54.5 Å². The van der Waals surface area contributed by atoms with E-state index in [1.165, 1.54) is 0 Å². The highest BCUT2D eigenvalue weighted by Gasteiger charge is 2.43. The van der Waals surface area contributed by atoms with Crippen LogP contribution in [0.2, 0.25) is 0 Å². The number of carbonyl (C=O) groups excluding carboxylic acids is 1. The number of aryl methyl sites for hydroxylation is 1. The molecule has 0 bridgehead atoms. The van der Waals surface area contributed by atoms with E-state index in [2.05, 4.69) is 28.3 Å². The van der Waals surface area contributed by atoms with Crippen molar-refractivity contribution < 1.29 is 9.53 Å². The van der Waals surface area contributed by atoms with Crippen LogP contribution < -0.4 is 15.8 Å². The lowest BCUT2D eigenvalue weighted by Crippen LogP contribution is -2.15. The van der Waals surface area contributed by atoms with Crippen molar-refractivity contribution in [3.8, 4) is 23.1 Å². The number of benzene rings is 1. The summed E-state index contributed by atoms with van der Waals surface area (Å²) in [5, 5.41) is 13.4. The average molecular weight is 401 g/mol. The number of carbonyl (C=O) groups is 1. The molecule has 0 saturated heterocycles. The summed E-state index contributed by atoms with van der Waals surface area (Å²) in [6, 6.07) is 9.84. The first-order valence-electron chi connectivity index (χ1n) is 10.1. The molecule has 1 saturated carbocycles. The molecule has 30 heavy (non-hydrogen) atoms. The Bertz CT molecular complexity index is 1170. The molecule has 3 N–H and O–H groups in total. The number of rotatable bonds is 6. The van der Waals surface area contributed by atoms with Gasteiger partial charge in [-0.25, -0.2) is 9.97 Å². The molecule has 1 amide bonds. The molecule has 1 aliphatic rings. The fourth-order valence-electron chi connectivity index (χ4n) is 3.61. The number of nitrogens with zero attached hydrogens (tertiary/aromatic N) is 3. The van der Waals surface area contributed by atoms with E-state index >= 15 is 0 Å². The van der Waals surface area contributed by atoms with Gasteiger partial charge < -0.3 is 15.8 Å². The van der Waals surface area contributed by atoms with Gasteiger partial charge in [-0.1, -0.05) is 6.92 Å². The van der Waals surface area contributed by atoms with E-state index < -0.39 is 0 Å². The summed E-state index contributed by atoms with van der Waals surface area (Å²) >= 11 is 0. The maximum absolute atomic E-state index is 12.3. The third-order valence-corrected chi connectivity index (χ3v) is 5.36. The van der Waals surface area contributed by atoms with Gasteiger partial charge in [0.2, 0.25) is 11.8 Å². The summed E-state index contributed by atoms with van der Waals surface area (Å²) in [5.41, 5.74) is 9.96. The van der Waals surface area contributed by atoms with E-state index in [1.807, 2.05) is 37.4 Å². The molecule has 2 heterocycles. The predicted octanol–water partition coefficient (Wildman–Crippen LogP) is 3.94. The number of hydrogen-bond acceptors (Lipinski definition) is 6. The van der Waals surface area contributed by atoms with Gasteiger partial charge in [0.15, 0.2) is 0 Å². The van der Waals surface area contributed by atoms with Gasteiger partial charge in [0.25, 0.3) is 0 Å². The summed E-state index contributed by atoms with van der Waals surface area (Å²) in [4.78, 5) is 21.0. The first-order chi connectivity index (χ1) is 14.5. The van der Waals surface area contributed by atoms with Gasteiger partial charge in [0, 0.05) is 35.1 Å². The minimum Gasteiger partial charge on any atom is -0.478 e. The molecule has 0 aliphatic heterocycles. The molecule has 7 nitrogen and oxygen atoms in total. The second-order valence-electron chi connectivity index (χ2n) is 7.39. The van der Waals surface area contributed by atoms with Crippen LogP contribution in [-0.4, -0.2) is 22.5 Å². The number of nitrogens with two attached hydrogens (primary N) is 1. The van der Waals surface area contributed by atoms with Crippen LogP contribution in [0.4, 0.5) is 11.5 Å². The molecule has 1 fully saturated rings. The third kappa shape index (κ3) is 3.77. The van der Waals surface area contributed by atoms with Crippen molar-refractivity contribution in [2.24, 2.45) is 11.8 Å². The van der Waals surface area contributed by atoms with Crippen LogP contribution in [-0.2, 0) is 11.2 Å². The van der Waals surface area contributed by atoms with E-state index in [0.29, 0.717) is 30.4 Å². The molecule has 152 valence electrons. The van der Waals surface area contributed by atoms with E-state index in [4.69, 9.17) is 15.7 Å². The largest absolute Gasteiger partial charge is 0.478 e. The summed E-state index contributed by atoms with van der Waals surface area (Å²) in [5.74, 6) is 0.463. The lowest BCUT2D eigenvalue weighted by Gasteiger charge is -2.13. The standard InChI is InChI=1S/C23H23N5O2/c1-3-13-9-22(30-4-2)27-11-18(13)14-5-15-8-21(26-12-19(15)20(25)7-14)28-23(29)17-6-16(17)10-24/h5,7-9,11-12,16-17H,3-4,6,25H2,1-2H3,(H,26,28,29)/t16-,17+/m1/s1. The SMILES string of the molecule is CCOc1cc(CC)c(-c2cc(N)c3cnc(NC(=O)[C@H]4C[C@@H]4C#N)cc3c2)cn1. The van der Waals surface area contributed by atoms with E-state index in [0.717, 1.165) is 33.9 Å². The van der Waals surface area contributed by atoms with Crippen molar-refractivity contribution in [1.82, 2.24) is 9.97 Å². The van der Waals surface area contributed by atoms with Crippen LogP contribution in [0, 0.1) is 23.2 Å². The number of hydrogen-bond donors (Lipinski definition) is 2. The van der Waals surface area contributed by atoms with Crippen LogP contribution >= 0.6 is 0 Å². The van der Waals surface area contributed by atoms with Crippen molar-refractivity contribution in [1.29, 1.82) is 5.26 Å². The molecule has 0 spiro atoms. The van der Waals surface area contributed by atoms with Crippen LogP contribution in [0.1, 0.15) is 25.8 Å². The zero-order valence-corrected chi connectivity index (χ0v) is 17.0. The zero-order valence-electron chi connectivity index (χ0n) is 17.0. The minimum atomic E-state index is -0.244. The van der Waals surface area contributed by atoms with E-state index in [-0.39, 0.29) is 17.7 Å². The van der Waals surface area contributed by atoms with Gasteiger partial charge in [0.05, 0.1) is 24.5 Å². The summed E-state index contributed by atoms with van der Waals surface area (Å²) < 4.78 is 5.52. The minimum absolute atomic E-state index is 0.165. The van der Waals surface area contributed by atoms with Gasteiger partial charge >= 0.3 is 0 Å². The van der Waals surface area contributed by atoms with Crippen molar-refractivity contribution in [3.05, 3.63) is 42.2 Å². The second-order valence-corrected chi connectivity index (χ2v) is 7.39. The van der Waals surface area contributed by atoms with Crippen molar-refractivity contribution in [2.45, 2.75) is 26.7 Å². The molecule has 0 unspecified atom stereocenters. The number of amides is 1. The molecule has 3 aromatic rings. The second kappa shape index (κ2) is 7.99. The lowest BCUT2D eigenvalue weighted by molar-refractivity contribution is -0.117. The van der Waals surface area contributed by atoms with Gasteiger partial charge in [-0.3, -0.25) is 4.79 Å². The van der Waals surface area contributed by atoms with Gasteiger partial charge in [-0.2, -0.15) is 5.26 Å². The van der Waals surface area contributed by atoms with Crippen LogP contribution in [0.25, 0.3) is 21.9 Å². The number of ether oxygens (including phenoxy) is 1. The number of aromatic nitrogens is 2. The summed E-state index contributed by atoms with van der Waals surface area (Å²) in [7, 11) is 0. The van der Waals surface area contributed by atoms with E-state index in [9.17, 15) is 4.79 Å². The number of pyridine rings is 2. The fraction of sp³-hybridized carbons (Fsp3) is 0.304. The fourth-order valence-corrected chi connectivity index (χ4v) is 3.61. The molecule has 0 radical (unpaired) electrons. The van der Waals surface area contributed by atoms with E-state index in [1.54, 1.807) is 6.20 Å². The Labute approximate surface area is 174 Å². The first kappa shape index (κ1) is 19.6. The molecular formula is C23H23N5O2. The molecule has 1 aliphatic carbocycles. The molecule has 2 atom stereocenters. The molecule has 1 aromatic carbocycles. The van der Waals surface area contributed by atoms with Crippen molar-refractivity contribution in [3.63, 3.8) is 0 Å². The molecule has 2 aromatic heterocycles. The number of nitriles is 1. The normalized spacial score (nSPS) is 17.4. The molecule has 7 heteroatoms. The highest BCUT2D eigenvalue weighted by Crippen LogP contribution is 2.38. The lowest BCUT2D eigenvalue weighted by atomic mass is 9.97. The Kier molecular flexibility index (Phi) is 5.23. The topological polar surface area (TPSA) is 114 Å². The highest BCUT2D eigenvalue weighted by atomic mass is 16.5. The quantitative estimate of drug-likeness (QED) is 0.605. The Morgan fingerprint density at radius 1 is 1.27 bits per heavy atom. The number of anilines is 2. The monoisotopic (exact) mass is 401 g/mol. The smallest absolute Gasteiger partial charge is 0.230 e. The maximum atomic E-state index is 12.3. The predicted molar refractivity (Wildman–Crippen MR) is 116 cm³/mol. The Balaban J connectivity index is 1.69. The van der Waals surface area contributed by atoms with Crippen LogP contribution in [0.3, 0.4) is 0 Å². The number of nitrogens with one attached hydrogen (secondary N) is 1. The summed E-state index contributed by atoms with van der Waals surface area (Å²) in [6.07, 6.45) is 4.91.